The number of hydrogen-bond acceptors (Lipinski definition) is 3. The fraction of sp³-hybridized carbons (Fsp3) is 0.429. The van der Waals surface area contributed by atoms with Crippen molar-refractivity contribution in [3.63, 3.8) is 0 Å². The minimum absolute atomic E-state index is 0.0335. The van der Waals surface area contributed by atoms with Gasteiger partial charge in [0.25, 0.3) is 5.91 Å². The van der Waals surface area contributed by atoms with E-state index in [-0.39, 0.29) is 25.0 Å². The summed E-state index contributed by atoms with van der Waals surface area (Å²) in [5.41, 5.74) is 1.09. The molecule has 0 saturated carbocycles. The Kier molecular flexibility index (Phi) is 6.51. The van der Waals surface area contributed by atoms with Gasteiger partial charge >= 0.3 is 5.97 Å². The largest absolute Gasteiger partial charge is 0.483 e. The minimum atomic E-state index is -0.870. The fourth-order valence-electron chi connectivity index (χ4n) is 1.59. The first kappa shape index (κ1) is 16.5. The molecule has 0 aliphatic rings. The Morgan fingerprint density at radius 1 is 1.45 bits per heavy atom. The molecular formula is C14H18BrNO4. The molecule has 2 N–H and O–H groups in total. The molecule has 1 aromatic carbocycles. The molecule has 1 atom stereocenters. The quantitative estimate of drug-likeness (QED) is 0.797. The summed E-state index contributed by atoms with van der Waals surface area (Å²) in [7, 11) is 0. The highest BCUT2D eigenvalue weighted by molar-refractivity contribution is 9.10. The second-order valence-electron chi connectivity index (χ2n) is 4.62. The first-order valence-corrected chi connectivity index (χ1v) is 7.08. The third-order valence-corrected chi connectivity index (χ3v) is 3.26. The normalized spacial score (nSPS) is 11.8. The number of benzene rings is 1. The lowest BCUT2D eigenvalue weighted by Crippen LogP contribution is -2.36. The molecule has 0 aliphatic carbocycles. The molecule has 0 spiro atoms. The van der Waals surface area contributed by atoms with Crippen LogP contribution < -0.4 is 10.1 Å². The van der Waals surface area contributed by atoms with E-state index in [4.69, 9.17) is 9.84 Å². The zero-order valence-corrected chi connectivity index (χ0v) is 13.1. The van der Waals surface area contributed by atoms with Gasteiger partial charge in [-0.25, -0.2) is 0 Å². The molecule has 110 valence electrons. The van der Waals surface area contributed by atoms with Crippen molar-refractivity contribution in [3.05, 3.63) is 28.2 Å². The molecule has 20 heavy (non-hydrogen) atoms. The van der Waals surface area contributed by atoms with Gasteiger partial charge in [-0.1, -0.05) is 6.07 Å². The molecule has 6 heteroatoms. The average molecular weight is 344 g/mol. The van der Waals surface area contributed by atoms with Gasteiger partial charge in [0, 0.05) is 12.5 Å². The van der Waals surface area contributed by atoms with Gasteiger partial charge in [-0.2, -0.15) is 0 Å². The molecule has 0 aromatic heterocycles. The molecule has 5 nitrogen and oxygen atoms in total. The number of rotatable bonds is 7. The van der Waals surface area contributed by atoms with Crippen molar-refractivity contribution < 1.29 is 19.4 Å². The maximum absolute atomic E-state index is 11.7. The first-order chi connectivity index (χ1) is 9.38. The van der Waals surface area contributed by atoms with Gasteiger partial charge in [0.15, 0.2) is 6.61 Å². The van der Waals surface area contributed by atoms with Crippen LogP contribution in [0.1, 0.15) is 25.3 Å². The van der Waals surface area contributed by atoms with E-state index in [2.05, 4.69) is 21.2 Å². The van der Waals surface area contributed by atoms with Crippen LogP contribution in [-0.4, -0.2) is 29.6 Å². The van der Waals surface area contributed by atoms with Gasteiger partial charge in [-0.3, -0.25) is 9.59 Å². The van der Waals surface area contributed by atoms with Crippen LogP contribution in [-0.2, 0) is 9.59 Å². The highest BCUT2D eigenvalue weighted by Gasteiger charge is 2.10. The van der Waals surface area contributed by atoms with Crippen molar-refractivity contribution in [2.75, 3.05) is 6.61 Å². The summed E-state index contributed by atoms with van der Waals surface area (Å²) < 4.78 is 6.20. The minimum Gasteiger partial charge on any atom is -0.483 e. The number of aryl methyl sites for hydroxylation is 1. The summed E-state index contributed by atoms with van der Waals surface area (Å²) in [5, 5.41) is 11.3. The standard InChI is InChI=1S/C14H18BrNO4/c1-9-3-5-12(11(15)7-9)20-8-13(17)16-10(2)4-6-14(18)19/h3,5,7,10H,4,6,8H2,1-2H3,(H,16,17)(H,18,19). The van der Waals surface area contributed by atoms with E-state index in [0.717, 1.165) is 10.0 Å². The van der Waals surface area contributed by atoms with Crippen molar-refractivity contribution in [2.24, 2.45) is 0 Å². The number of hydrogen-bond donors (Lipinski definition) is 2. The maximum Gasteiger partial charge on any atom is 0.303 e. The van der Waals surface area contributed by atoms with E-state index >= 15 is 0 Å². The van der Waals surface area contributed by atoms with Crippen LogP contribution in [0, 0.1) is 6.92 Å². The summed E-state index contributed by atoms with van der Waals surface area (Å²) in [5.74, 6) is -0.537. The van der Waals surface area contributed by atoms with Crippen LogP contribution in [0.3, 0.4) is 0 Å². The van der Waals surface area contributed by atoms with Crippen LogP contribution in [0.25, 0.3) is 0 Å². The Bertz CT molecular complexity index is 490. The van der Waals surface area contributed by atoms with E-state index in [1.54, 1.807) is 13.0 Å². The Labute approximate surface area is 126 Å². The van der Waals surface area contributed by atoms with E-state index < -0.39 is 5.97 Å². The summed E-state index contributed by atoms with van der Waals surface area (Å²) in [6.45, 7) is 3.63. The maximum atomic E-state index is 11.7. The van der Waals surface area contributed by atoms with Crippen molar-refractivity contribution in [2.45, 2.75) is 32.7 Å². The molecule has 0 fully saturated rings. The molecule has 0 aliphatic heterocycles. The number of nitrogens with one attached hydrogen (secondary N) is 1. The monoisotopic (exact) mass is 343 g/mol. The summed E-state index contributed by atoms with van der Waals surface area (Å²) in [4.78, 5) is 22.1. The van der Waals surface area contributed by atoms with Crippen molar-refractivity contribution >= 4 is 27.8 Å². The first-order valence-electron chi connectivity index (χ1n) is 6.28. The zero-order valence-electron chi connectivity index (χ0n) is 11.5. The van der Waals surface area contributed by atoms with Gasteiger partial charge in [0.2, 0.25) is 0 Å². The van der Waals surface area contributed by atoms with E-state index in [0.29, 0.717) is 12.2 Å². The molecule has 1 aromatic rings. The lowest BCUT2D eigenvalue weighted by atomic mass is 10.2. The summed E-state index contributed by atoms with van der Waals surface area (Å²) in [6.07, 6.45) is 0.432. The molecule has 0 radical (unpaired) electrons. The number of halogens is 1. The highest BCUT2D eigenvalue weighted by Crippen LogP contribution is 2.25. The van der Waals surface area contributed by atoms with Gasteiger partial charge in [-0.05, 0) is 53.9 Å². The number of carbonyl (C=O) groups excluding carboxylic acids is 1. The molecule has 0 bridgehead atoms. The number of aliphatic carboxylic acids is 1. The number of ether oxygens (including phenoxy) is 1. The molecular weight excluding hydrogens is 326 g/mol. The predicted octanol–water partition coefficient (Wildman–Crippen LogP) is 2.51. The van der Waals surface area contributed by atoms with E-state index in [1.165, 1.54) is 0 Å². The fourth-order valence-corrected chi connectivity index (χ4v) is 2.20. The van der Waals surface area contributed by atoms with Gasteiger partial charge in [0.1, 0.15) is 5.75 Å². The van der Waals surface area contributed by atoms with Crippen LogP contribution in [0.15, 0.2) is 22.7 Å². The summed E-state index contributed by atoms with van der Waals surface area (Å²) >= 11 is 3.37. The van der Waals surface area contributed by atoms with E-state index in [9.17, 15) is 9.59 Å². The number of amides is 1. The second kappa shape index (κ2) is 7.89. The Balaban J connectivity index is 2.37. The molecule has 0 heterocycles. The lowest BCUT2D eigenvalue weighted by molar-refractivity contribution is -0.137. The van der Waals surface area contributed by atoms with Gasteiger partial charge in [0.05, 0.1) is 4.47 Å². The average Bonchev–Trinajstić information content (AvgIpc) is 2.35. The predicted molar refractivity (Wildman–Crippen MR) is 78.8 cm³/mol. The number of carboxylic acid groups (broad SMARTS) is 1. The zero-order chi connectivity index (χ0) is 15.1. The smallest absolute Gasteiger partial charge is 0.303 e. The Hall–Kier alpha value is -1.56. The third kappa shape index (κ3) is 6.06. The highest BCUT2D eigenvalue weighted by atomic mass is 79.9. The van der Waals surface area contributed by atoms with Crippen LogP contribution in [0.5, 0.6) is 5.75 Å². The molecule has 0 saturated heterocycles. The van der Waals surface area contributed by atoms with Gasteiger partial charge in [-0.15, -0.1) is 0 Å². The molecule has 1 rings (SSSR count). The lowest BCUT2D eigenvalue weighted by Gasteiger charge is -2.14. The van der Waals surface area contributed by atoms with Crippen molar-refractivity contribution in [3.8, 4) is 5.75 Å². The van der Waals surface area contributed by atoms with Crippen LogP contribution >= 0.6 is 15.9 Å². The van der Waals surface area contributed by atoms with Crippen LogP contribution in [0.2, 0.25) is 0 Å². The Morgan fingerprint density at radius 2 is 2.15 bits per heavy atom. The van der Waals surface area contributed by atoms with Crippen molar-refractivity contribution in [1.82, 2.24) is 5.32 Å². The molecule has 1 unspecified atom stereocenters. The Morgan fingerprint density at radius 3 is 2.75 bits per heavy atom. The second-order valence-corrected chi connectivity index (χ2v) is 5.48. The van der Waals surface area contributed by atoms with Crippen LogP contribution in [0.4, 0.5) is 0 Å². The van der Waals surface area contributed by atoms with E-state index in [1.807, 2.05) is 19.1 Å². The molecule has 1 amide bonds. The third-order valence-electron chi connectivity index (χ3n) is 2.64. The van der Waals surface area contributed by atoms with Crippen molar-refractivity contribution in [1.29, 1.82) is 0 Å². The number of carbonyl (C=O) groups is 2. The van der Waals surface area contributed by atoms with Gasteiger partial charge < -0.3 is 15.2 Å². The summed E-state index contributed by atoms with van der Waals surface area (Å²) in [6, 6.07) is 5.40. The SMILES string of the molecule is Cc1ccc(OCC(=O)NC(C)CCC(=O)O)c(Br)c1. The number of carboxylic acids is 1. The topological polar surface area (TPSA) is 75.6 Å².